The van der Waals surface area contributed by atoms with E-state index in [2.05, 4.69) is 86.6 Å². The van der Waals surface area contributed by atoms with Crippen LogP contribution in [0, 0.1) is 13.8 Å². The third-order valence-electron chi connectivity index (χ3n) is 4.47. The van der Waals surface area contributed by atoms with Gasteiger partial charge in [-0.2, -0.15) is 0 Å². The molecule has 2 unspecified atom stereocenters. The second kappa shape index (κ2) is 10.3. The SMILES string of the molecule is Cc1[pH]c(-c2ccccc2)c[c]1[Zr+2][c]1cc(-c2ccccc2)[pH]c1C.[Cl-].[Cl-]. The molecule has 2 aromatic heterocycles. The molecule has 0 saturated carbocycles. The molecule has 0 bridgehead atoms. The standard InChI is InChI=1S/2C11H10P.2ClH.Zr/c2*1-9-7-8-11(12-9)10-5-3-2-4-6-10;;;/h2*2-6,8,12H,1H3;2*1H;/q;;;;+2/p-2. The molecular formula is C22H20Cl2P2Zr. The van der Waals surface area contributed by atoms with Crippen molar-refractivity contribution in [2.45, 2.75) is 13.8 Å². The first-order chi connectivity index (χ1) is 12.2. The zero-order valence-electron chi connectivity index (χ0n) is 15.2. The number of benzene rings is 2. The van der Waals surface area contributed by atoms with Gasteiger partial charge >= 0.3 is 165 Å². The molecule has 27 heavy (non-hydrogen) atoms. The molecule has 0 aliphatic carbocycles. The second-order valence-electron chi connectivity index (χ2n) is 6.30. The van der Waals surface area contributed by atoms with Crippen molar-refractivity contribution in [3.63, 3.8) is 0 Å². The van der Waals surface area contributed by atoms with Gasteiger partial charge in [-0.15, -0.1) is 0 Å². The molecule has 0 nitrogen and oxygen atoms in total. The van der Waals surface area contributed by atoms with Crippen LogP contribution in [0.15, 0.2) is 72.8 Å². The Kier molecular flexibility index (Phi) is 8.68. The minimum absolute atomic E-state index is 0. The summed E-state index contributed by atoms with van der Waals surface area (Å²) in [6, 6.07) is 26.8. The number of hydrogen-bond acceptors (Lipinski definition) is 0. The maximum atomic E-state index is 2.51. The van der Waals surface area contributed by atoms with Crippen LogP contribution in [0.4, 0.5) is 0 Å². The van der Waals surface area contributed by atoms with Crippen molar-refractivity contribution in [1.82, 2.24) is 0 Å². The molecule has 0 N–H and O–H groups in total. The van der Waals surface area contributed by atoms with Crippen LogP contribution in [0.2, 0.25) is 0 Å². The van der Waals surface area contributed by atoms with Crippen LogP contribution in [0.1, 0.15) is 10.6 Å². The summed E-state index contributed by atoms with van der Waals surface area (Å²) < 4.78 is 3.37. The van der Waals surface area contributed by atoms with Crippen LogP contribution in [0.3, 0.4) is 0 Å². The Morgan fingerprint density at radius 1 is 0.593 bits per heavy atom. The van der Waals surface area contributed by atoms with Crippen LogP contribution in [-0.2, 0) is 23.2 Å². The average molecular weight is 508 g/mol. The van der Waals surface area contributed by atoms with Gasteiger partial charge in [-0.1, -0.05) is 0 Å². The Morgan fingerprint density at radius 2 is 0.963 bits per heavy atom. The van der Waals surface area contributed by atoms with E-state index in [1.54, 1.807) is 17.1 Å². The molecule has 5 heteroatoms. The average Bonchev–Trinajstić information content (AvgIpc) is 3.20. The maximum absolute atomic E-state index is 2.51. The first kappa shape index (κ1) is 22.7. The summed E-state index contributed by atoms with van der Waals surface area (Å²) in [5, 5.41) is 6.30. The minimum Gasteiger partial charge on any atom is -1.00 e. The van der Waals surface area contributed by atoms with Crippen molar-refractivity contribution in [1.29, 1.82) is 0 Å². The van der Waals surface area contributed by atoms with Gasteiger partial charge in [-0.3, -0.25) is 0 Å². The molecule has 0 aliphatic heterocycles. The molecule has 0 radical (unpaired) electrons. The van der Waals surface area contributed by atoms with Gasteiger partial charge in [0, 0.05) is 0 Å². The summed E-state index contributed by atoms with van der Waals surface area (Å²) in [5.74, 6) is 0. The van der Waals surface area contributed by atoms with Gasteiger partial charge in [-0.05, 0) is 0 Å². The van der Waals surface area contributed by atoms with E-state index in [9.17, 15) is 0 Å². The van der Waals surface area contributed by atoms with Crippen molar-refractivity contribution in [3.8, 4) is 21.7 Å². The van der Waals surface area contributed by atoms with Gasteiger partial charge in [-0.25, -0.2) is 0 Å². The molecule has 4 rings (SSSR count). The Bertz CT molecular complexity index is 910. The van der Waals surface area contributed by atoms with Crippen LogP contribution in [0.25, 0.3) is 21.7 Å². The third-order valence-corrected chi connectivity index (χ3v) is 12.3. The predicted octanol–water partition coefficient (Wildman–Crippen LogP) is -0.259. The molecule has 2 heterocycles. The van der Waals surface area contributed by atoms with Crippen LogP contribution >= 0.6 is 16.4 Å². The fourth-order valence-electron chi connectivity index (χ4n) is 3.07. The van der Waals surface area contributed by atoms with E-state index >= 15 is 0 Å². The molecule has 0 spiro atoms. The molecule has 0 amide bonds. The van der Waals surface area contributed by atoms with Gasteiger partial charge in [0.15, 0.2) is 0 Å². The monoisotopic (exact) mass is 506 g/mol. The first-order valence-corrected chi connectivity index (χ1v) is 12.9. The Morgan fingerprint density at radius 3 is 1.33 bits per heavy atom. The van der Waals surface area contributed by atoms with Gasteiger partial charge in [0.1, 0.15) is 0 Å². The summed E-state index contributed by atoms with van der Waals surface area (Å²) in [5.41, 5.74) is 2.79. The summed E-state index contributed by atoms with van der Waals surface area (Å²) in [6.07, 6.45) is 0. The quantitative estimate of drug-likeness (QED) is 0.357. The topological polar surface area (TPSA) is 0 Å². The van der Waals surface area contributed by atoms with Crippen molar-refractivity contribution < 1.29 is 48.0 Å². The van der Waals surface area contributed by atoms with Gasteiger partial charge in [0.2, 0.25) is 0 Å². The molecule has 2 aromatic carbocycles. The Balaban J connectivity index is 0.00000131. The van der Waals surface area contributed by atoms with Crippen LogP contribution < -0.4 is 31.4 Å². The fourth-order valence-corrected chi connectivity index (χ4v) is 10.4. The van der Waals surface area contributed by atoms with Crippen molar-refractivity contribution >= 4 is 22.9 Å². The summed E-state index contributed by atoms with van der Waals surface area (Å²) in [7, 11) is 1.71. The van der Waals surface area contributed by atoms with Gasteiger partial charge in [0.05, 0.1) is 0 Å². The van der Waals surface area contributed by atoms with Crippen LogP contribution in [0.5, 0.6) is 0 Å². The molecule has 0 saturated heterocycles. The molecule has 0 fully saturated rings. The third kappa shape index (κ3) is 5.29. The molecule has 0 aliphatic rings. The zero-order valence-corrected chi connectivity index (χ0v) is 21.2. The number of aryl methyl sites for hydroxylation is 2. The maximum Gasteiger partial charge on any atom is -1.00 e. The van der Waals surface area contributed by atoms with Crippen molar-refractivity contribution in [3.05, 3.63) is 83.4 Å². The normalized spacial score (nSPS) is 10.4. The fraction of sp³-hybridized carbons (Fsp3) is 0.0909. The number of halogens is 2. The Hall–Kier alpha value is -0.537. The number of hydrogen-bond donors (Lipinski definition) is 0. The molecule has 136 valence electrons. The van der Waals surface area contributed by atoms with Gasteiger partial charge < -0.3 is 24.8 Å². The second-order valence-corrected chi connectivity index (χ2v) is 12.6. The summed E-state index contributed by atoms with van der Waals surface area (Å²) in [6.45, 7) is 4.69. The Labute approximate surface area is 188 Å². The van der Waals surface area contributed by atoms with E-state index in [-0.39, 0.29) is 24.8 Å². The zero-order chi connectivity index (χ0) is 17.2. The van der Waals surface area contributed by atoms with Crippen molar-refractivity contribution in [2.75, 3.05) is 0 Å². The molecular weight excluding hydrogens is 488 g/mol. The van der Waals surface area contributed by atoms with E-state index in [0.717, 1.165) is 16.4 Å². The van der Waals surface area contributed by atoms with E-state index in [1.165, 1.54) is 21.7 Å². The number of rotatable bonds is 4. The van der Waals surface area contributed by atoms with E-state index in [0.29, 0.717) is 0 Å². The van der Waals surface area contributed by atoms with E-state index < -0.39 is 23.2 Å². The van der Waals surface area contributed by atoms with Crippen LogP contribution in [-0.4, -0.2) is 0 Å². The van der Waals surface area contributed by atoms with Gasteiger partial charge in [0.25, 0.3) is 0 Å². The van der Waals surface area contributed by atoms with Crippen molar-refractivity contribution in [2.24, 2.45) is 0 Å². The van der Waals surface area contributed by atoms with E-state index in [4.69, 9.17) is 0 Å². The summed E-state index contributed by atoms with van der Waals surface area (Å²) in [4.78, 5) is 0. The minimum atomic E-state index is -0.710. The predicted molar refractivity (Wildman–Crippen MR) is 112 cm³/mol. The summed E-state index contributed by atoms with van der Waals surface area (Å²) >= 11 is -0.710. The van der Waals surface area contributed by atoms with E-state index in [1.807, 2.05) is 0 Å². The molecule has 2 atom stereocenters. The first-order valence-electron chi connectivity index (χ1n) is 8.48. The largest absolute Gasteiger partial charge is 1.00 e. The smallest absolute Gasteiger partial charge is 1.00 e. The molecule has 4 aromatic rings.